The van der Waals surface area contributed by atoms with Crippen molar-refractivity contribution in [2.45, 2.75) is 12.5 Å². The second kappa shape index (κ2) is 6.96. The molecule has 0 aliphatic heterocycles. The van der Waals surface area contributed by atoms with Crippen LogP contribution in [0, 0.1) is 5.82 Å². The molecular formula is C11H16BrFN2O. The van der Waals surface area contributed by atoms with Gasteiger partial charge in [0.1, 0.15) is 5.82 Å². The van der Waals surface area contributed by atoms with Crippen LogP contribution in [0.4, 0.5) is 4.39 Å². The van der Waals surface area contributed by atoms with Crippen molar-refractivity contribution in [1.29, 1.82) is 0 Å². The van der Waals surface area contributed by atoms with Gasteiger partial charge < -0.3 is 16.2 Å². The van der Waals surface area contributed by atoms with E-state index in [0.29, 0.717) is 25.1 Å². The summed E-state index contributed by atoms with van der Waals surface area (Å²) in [6.07, 6.45) is 0.0510. The highest BCUT2D eigenvalue weighted by Crippen LogP contribution is 2.15. The molecule has 90 valence electrons. The monoisotopic (exact) mass is 290 g/mol. The lowest BCUT2D eigenvalue weighted by Gasteiger charge is -2.09. The normalized spacial score (nSPS) is 12.8. The van der Waals surface area contributed by atoms with Gasteiger partial charge in [-0.25, -0.2) is 4.39 Å². The lowest BCUT2D eigenvalue weighted by molar-refractivity contribution is 0.180. The standard InChI is InChI=1S/C11H16BrFN2O/c12-9-1-2-11(13)8(5-9)3-4-15-7-10(16)6-14/h1-2,5,10,15-16H,3-4,6-7,14H2. The van der Waals surface area contributed by atoms with Gasteiger partial charge in [0, 0.05) is 17.6 Å². The van der Waals surface area contributed by atoms with Gasteiger partial charge in [0.2, 0.25) is 0 Å². The Morgan fingerprint density at radius 3 is 2.94 bits per heavy atom. The van der Waals surface area contributed by atoms with Crippen LogP contribution < -0.4 is 11.1 Å². The molecule has 0 saturated heterocycles. The highest BCUT2D eigenvalue weighted by atomic mass is 79.9. The van der Waals surface area contributed by atoms with Gasteiger partial charge in [-0.2, -0.15) is 0 Å². The maximum Gasteiger partial charge on any atom is 0.126 e. The molecule has 0 bridgehead atoms. The van der Waals surface area contributed by atoms with Gasteiger partial charge in [-0.05, 0) is 36.7 Å². The van der Waals surface area contributed by atoms with Crippen LogP contribution in [0.3, 0.4) is 0 Å². The molecule has 1 rings (SSSR count). The summed E-state index contributed by atoms with van der Waals surface area (Å²) < 4.78 is 14.2. The summed E-state index contributed by atoms with van der Waals surface area (Å²) in [6, 6.07) is 4.87. The third-order valence-electron chi connectivity index (χ3n) is 2.23. The molecule has 0 amide bonds. The fourth-order valence-corrected chi connectivity index (χ4v) is 1.72. The Kier molecular flexibility index (Phi) is 5.90. The zero-order valence-electron chi connectivity index (χ0n) is 8.92. The van der Waals surface area contributed by atoms with Crippen LogP contribution in [0.2, 0.25) is 0 Å². The number of aliphatic hydroxyl groups excluding tert-OH is 1. The van der Waals surface area contributed by atoms with Gasteiger partial charge in [0.05, 0.1) is 6.10 Å². The summed E-state index contributed by atoms with van der Waals surface area (Å²) >= 11 is 3.30. The first-order valence-electron chi connectivity index (χ1n) is 5.16. The third kappa shape index (κ3) is 4.57. The second-order valence-electron chi connectivity index (χ2n) is 3.58. The van der Waals surface area contributed by atoms with E-state index in [9.17, 15) is 9.50 Å². The van der Waals surface area contributed by atoms with Crippen molar-refractivity contribution in [1.82, 2.24) is 5.32 Å². The molecule has 1 unspecified atom stereocenters. The number of aliphatic hydroxyl groups is 1. The number of benzene rings is 1. The van der Waals surface area contributed by atoms with Crippen LogP contribution >= 0.6 is 15.9 Å². The van der Waals surface area contributed by atoms with Crippen molar-refractivity contribution in [3.05, 3.63) is 34.1 Å². The van der Waals surface area contributed by atoms with E-state index in [1.807, 2.05) is 0 Å². The number of nitrogens with one attached hydrogen (secondary N) is 1. The SMILES string of the molecule is NCC(O)CNCCc1cc(Br)ccc1F. The van der Waals surface area contributed by atoms with E-state index in [1.165, 1.54) is 6.07 Å². The molecule has 1 atom stereocenters. The van der Waals surface area contributed by atoms with E-state index >= 15 is 0 Å². The highest BCUT2D eigenvalue weighted by molar-refractivity contribution is 9.10. The fourth-order valence-electron chi connectivity index (χ4n) is 1.31. The Labute approximate surface area is 103 Å². The van der Waals surface area contributed by atoms with Crippen LogP contribution in [-0.4, -0.2) is 30.8 Å². The Bertz CT molecular complexity index is 336. The fraction of sp³-hybridized carbons (Fsp3) is 0.455. The topological polar surface area (TPSA) is 58.3 Å². The number of rotatable bonds is 6. The van der Waals surface area contributed by atoms with Gasteiger partial charge in [-0.15, -0.1) is 0 Å². The first-order valence-corrected chi connectivity index (χ1v) is 5.95. The van der Waals surface area contributed by atoms with Crippen molar-refractivity contribution in [2.75, 3.05) is 19.6 Å². The first-order chi connectivity index (χ1) is 7.63. The summed E-state index contributed by atoms with van der Waals surface area (Å²) in [5.74, 6) is -0.204. The van der Waals surface area contributed by atoms with E-state index < -0.39 is 6.10 Å². The summed E-state index contributed by atoms with van der Waals surface area (Å²) in [5, 5.41) is 12.2. The van der Waals surface area contributed by atoms with E-state index in [4.69, 9.17) is 5.73 Å². The third-order valence-corrected chi connectivity index (χ3v) is 2.72. The molecular weight excluding hydrogens is 275 g/mol. The summed E-state index contributed by atoms with van der Waals surface area (Å²) in [5.41, 5.74) is 5.91. The minimum Gasteiger partial charge on any atom is -0.390 e. The molecule has 0 spiro atoms. The van der Waals surface area contributed by atoms with Crippen molar-refractivity contribution in [3.63, 3.8) is 0 Å². The molecule has 0 aliphatic carbocycles. The lowest BCUT2D eigenvalue weighted by atomic mass is 10.1. The Morgan fingerprint density at radius 2 is 2.25 bits per heavy atom. The number of halogens is 2. The van der Waals surface area contributed by atoms with E-state index in [2.05, 4.69) is 21.2 Å². The zero-order chi connectivity index (χ0) is 12.0. The molecule has 3 nitrogen and oxygen atoms in total. The minimum atomic E-state index is -0.535. The molecule has 1 aromatic carbocycles. The predicted molar refractivity (Wildman–Crippen MR) is 65.7 cm³/mol. The lowest BCUT2D eigenvalue weighted by Crippen LogP contribution is -2.33. The first kappa shape index (κ1) is 13.6. The van der Waals surface area contributed by atoms with Crippen LogP contribution in [0.1, 0.15) is 5.56 Å². The van der Waals surface area contributed by atoms with Crippen LogP contribution in [0.5, 0.6) is 0 Å². The van der Waals surface area contributed by atoms with E-state index in [-0.39, 0.29) is 12.4 Å². The predicted octanol–water partition coefficient (Wildman–Crippen LogP) is 1.04. The van der Waals surface area contributed by atoms with Gasteiger partial charge in [0.25, 0.3) is 0 Å². The summed E-state index contributed by atoms with van der Waals surface area (Å²) in [6.45, 7) is 1.29. The summed E-state index contributed by atoms with van der Waals surface area (Å²) in [4.78, 5) is 0. The minimum absolute atomic E-state index is 0.204. The van der Waals surface area contributed by atoms with Crippen molar-refractivity contribution < 1.29 is 9.50 Å². The van der Waals surface area contributed by atoms with Gasteiger partial charge in [0.15, 0.2) is 0 Å². The maximum atomic E-state index is 13.3. The average Bonchev–Trinajstić information content (AvgIpc) is 2.28. The number of hydrogen-bond acceptors (Lipinski definition) is 3. The number of nitrogens with two attached hydrogens (primary N) is 1. The molecule has 0 radical (unpaired) electrons. The highest BCUT2D eigenvalue weighted by Gasteiger charge is 2.03. The molecule has 1 aromatic rings. The average molecular weight is 291 g/mol. The largest absolute Gasteiger partial charge is 0.390 e. The smallest absolute Gasteiger partial charge is 0.126 e. The maximum absolute atomic E-state index is 13.3. The van der Waals surface area contributed by atoms with Gasteiger partial charge in [-0.3, -0.25) is 0 Å². The van der Waals surface area contributed by atoms with Crippen LogP contribution in [0.25, 0.3) is 0 Å². The molecule has 0 aliphatic rings. The molecule has 0 fully saturated rings. The molecule has 0 aromatic heterocycles. The molecule has 4 N–H and O–H groups in total. The molecule has 0 heterocycles. The van der Waals surface area contributed by atoms with Gasteiger partial charge in [-0.1, -0.05) is 15.9 Å². The molecule has 0 saturated carbocycles. The Morgan fingerprint density at radius 1 is 1.50 bits per heavy atom. The van der Waals surface area contributed by atoms with Gasteiger partial charge >= 0.3 is 0 Å². The quantitative estimate of drug-likeness (QED) is 0.686. The van der Waals surface area contributed by atoms with Crippen molar-refractivity contribution in [3.8, 4) is 0 Å². The Balaban J connectivity index is 2.34. The second-order valence-corrected chi connectivity index (χ2v) is 4.50. The molecule has 16 heavy (non-hydrogen) atoms. The number of hydrogen-bond donors (Lipinski definition) is 3. The summed E-state index contributed by atoms with van der Waals surface area (Å²) in [7, 11) is 0. The van der Waals surface area contributed by atoms with Crippen LogP contribution in [-0.2, 0) is 6.42 Å². The zero-order valence-corrected chi connectivity index (χ0v) is 10.5. The molecule has 5 heteroatoms. The van der Waals surface area contributed by atoms with E-state index in [1.54, 1.807) is 12.1 Å². The van der Waals surface area contributed by atoms with Crippen LogP contribution in [0.15, 0.2) is 22.7 Å². The van der Waals surface area contributed by atoms with Crippen molar-refractivity contribution >= 4 is 15.9 Å². The Hall–Kier alpha value is -0.490. The van der Waals surface area contributed by atoms with Crippen molar-refractivity contribution in [2.24, 2.45) is 5.73 Å². The van der Waals surface area contributed by atoms with E-state index in [0.717, 1.165) is 4.47 Å².